The second kappa shape index (κ2) is 5.21. The summed E-state index contributed by atoms with van der Waals surface area (Å²) in [6.07, 6.45) is 0.819. The third-order valence-electron chi connectivity index (χ3n) is 3.23. The number of fused-ring (bicyclic) bond motifs is 1. The van der Waals surface area contributed by atoms with Gasteiger partial charge < -0.3 is 16.0 Å². The van der Waals surface area contributed by atoms with Crippen molar-refractivity contribution in [1.29, 1.82) is 0 Å². The van der Waals surface area contributed by atoms with Crippen molar-refractivity contribution >= 4 is 22.5 Å². The molecular formula is C15H17N5. The first-order valence-electron chi connectivity index (χ1n) is 6.63. The SMILES string of the molecule is Cc1nc(NCCc2nc3ccccc3[nH]2)ccc1N. The number of hydrogen-bond acceptors (Lipinski definition) is 4. The fourth-order valence-electron chi connectivity index (χ4n) is 2.10. The monoisotopic (exact) mass is 267 g/mol. The Hall–Kier alpha value is -2.56. The molecule has 0 amide bonds. The number of nitrogens with one attached hydrogen (secondary N) is 2. The van der Waals surface area contributed by atoms with Crippen molar-refractivity contribution in [1.82, 2.24) is 15.0 Å². The fourth-order valence-corrected chi connectivity index (χ4v) is 2.10. The molecule has 0 saturated heterocycles. The van der Waals surface area contributed by atoms with Gasteiger partial charge in [0.15, 0.2) is 0 Å². The van der Waals surface area contributed by atoms with Crippen LogP contribution in [0.1, 0.15) is 11.5 Å². The van der Waals surface area contributed by atoms with Gasteiger partial charge in [-0.2, -0.15) is 0 Å². The second-order valence-electron chi connectivity index (χ2n) is 4.75. The molecular weight excluding hydrogens is 250 g/mol. The Balaban J connectivity index is 1.63. The highest BCUT2D eigenvalue weighted by molar-refractivity contribution is 5.74. The maximum Gasteiger partial charge on any atom is 0.126 e. The number of nitrogen functional groups attached to an aromatic ring is 1. The molecule has 0 spiro atoms. The summed E-state index contributed by atoms with van der Waals surface area (Å²) in [5, 5.41) is 3.28. The van der Waals surface area contributed by atoms with Crippen LogP contribution in [-0.2, 0) is 6.42 Å². The normalized spacial score (nSPS) is 10.8. The van der Waals surface area contributed by atoms with E-state index in [-0.39, 0.29) is 0 Å². The summed E-state index contributed by atoms with van der Waals surface area (Å²) in [5.41, 5.74) is 9.38. The minimum atomic E-state index is 0.716. The standard InChI is InChI=1S/C15H17N5/c1-10-11(16)6-7-14(18-10)17-9-8-15-19-12-4-2-3-5-13(12)20-15/h2-7H,8-9,16H2,1H3,(H,17,18)(H,19,20). The summed E-state index contributed by atoms with van der Waals surface area (Å²) < 4.78 is 0. The van der Waals surface area contributed by atoms with Crippen LogP contribution in [0.5, 0.6) is 0 Å². The molecule has 0 bridgehead atoms. The van der Waals surface area contributed by atoms with Crippen LogP contribution in [0.2, 0.25) is 0 Å². The van der Waals surface area contributed by atoms with E-state index in [4.69, 9.17) is 5.73 Å². The van der Waals surface area contributed by atoms with Crippen LogP contribution >= 0.6 is 0 Å². The number of H-pyrrole nitrogens is 1. The number of anilines is 2. The topological polar surface area (TPSA) is 79.6 Å². The molecule has 0 saturated carbocycles. The molecule has 5 nitrogen and oxygen atoms in total. The average molecular weight is 267 g/mol. The molecule has 0 aliphatic carbocycles. The van der Waals surface area contributed by atoms with E-state index in [2.05, 4.69) is 20.3 Å². The van der Waals surface area contributed by atoms with Crippen molar-refractivity contribution < 1.29 is 0 Å². The molecule has 0 aliphatic rings. The molecule has 5 heteroatoms. The average Bonchev–Trinajstić information content (AvgIpc) is 2.85. The number of imidazole rings is 1. The first-order valence-corrected chi connectivity index (χ1v) is 6.63. The molecule has 0 fully saturated rings. The summed E-state index contributed by atoms with van der Waals surface area (Å²) in [4.78, 5) is 12.2. The lowest BCUT2D eigenvalue weighted by Gasteiger charge is -2.06. The number of benzene rings is 1. The third-order valence-corrected chi connectivity index (χ3v) is 3.23. The quantitative estimate of drug-likeness (QED) is 0.678. The largest absolute Gasteiger partial charge is 0.397 e. The lowest BCUT2D eigenvalue weighted by Crippen LogP contribution is -2.08. The summed E-state index contributed by atoms with van der Waals surface area (Å²) in [5.74, 6) is 1.82. The number of para-hydroxylation sites is 2. The van der Waals surface area contributed by atoms with Gasteiger partial charge >= 0.3 is 0 Å². The molecule has 0 unspecified atom stereocenters. The predicted octanol–water partition coefficient (Wildman–Crippen LogP) is 2.50. The van der Waals surface area contributed by atoms with Gasteiger partial charge in [0.1, 0.15) is 11.6 Å². The highest BCUT2D eigenvalue weighted by Gasteiger charge is 2.02. The molecule has 2 aromatic heterocycles. The summed E-state index contributed by atoms with van der Waals surface area (Å²) in [7, 11) is 0. The molecule has 0 aliphatic heterocycles. The van der Waals surface area contributed by atoms with Crippen molar-refractivity contribution in [3.05, 3.63) is 47.9 Å². The highest BCUT2D eigenvalue weighted by atomic mass is 15.0. The van der Waals surface area contributed by atoms with Crippen molar-refractivity contribution in [3.8, 4) is 0 Å². The zero-order valence-electron chi connectivity index (χ0n) is 11.4. The summed E-state index contributed by atoms with van der Waals surface area (Å²) >= 11 is 0. The minimum absolute atomic E-state index is 0.716. The van der Waals surface area contributed by atoms with Crippen LogP contribution in [0.4, 0.5) is 11.5 Å². The molecule has 3 rings (SSSR count). The molecule has 0 radical (unpaired) electrons. The van der Waals surface area contributed by atoms with Crippen LogP contribution in [0.15, 0.2) is 36.4 Å². The summed E-state index contributed by atoms with van der Waals surface area (Å²) in [6, 6.07) is 11.8. The van der Waals surface area contributed by atoms with Crippen LogP contribution in [-0.4, -0.2) is 21.5 Å². The number of nitrogens with two attached hydrogens (primary N) is 1. The van der Waals surface area contributed by atoms with Gasteiger partial charge in [-0.15, -0.1) is 0 Å². The Morgan fingerprint density at radius 1 is 1.15 bits per heavy atom. The second-order valence-corrected chi connectivity index (χ2v) is 4.75. The van der Waals surface area contributed by atoms with E-state index in [0.29, 0.717) is 5.69 Å². The number of nitrogens with zero attached hydrogens (tertiary/aromatic N) is 2. The minimum Gasteiger partial charge on any atom is -0.397 e. The molecule has 4 N–H and O–H groups in total. The molecule has 20 heavy (non-hydrogen) atoms. The fraction of sp³-hybridized carbons (Fsp3) is 0.200. The third kappa shape index (κ3) is 2.56. The molecule has 3 aromatic rings. The van der Waals surface area contributed by atoms with E-state index < -0.39 is 0 Å². The van der Waals surface area contributed by atoms with Crippen molar-refractivity contribution in [2.45, 2.75) is 13.3 Å². The Bertz CT molecular complexity index is 699. The van der Waals surface area contributed by atoms with Crippen molar-refractivity contribution in [2.24, 2.45) is 0 Å². The van der Waals surface area contributed by atoms with Gasteiger partial charge in [0.05, 0.1) is 22.4 Å². The van der Waals surface area contributed by atoms with Crippen LogP contribution in [0.25, 0.3) is 11.0 Å². The number of hydrogen-bond donors (Lipinski definition) is 3. The smallest absolute Gasteiger partial charge is 0.126 e. The highest BCUT2D eigenvalue weighted by Crippen LogP contribution is 2.13. The van der Waals surface area contributed by atoms with Crippen molar-refractivity contribution in [3.63, 3.8) is 0 Å². The van der Waals surface area contributed by atoms with Crippen LogP contribution in [0, 0.1) is 6.92 Å². The van der Waals surface area contributed by atoms with Gasteiger partial charge in [0.2, 0.25) is 0 Å². The molecule has 102 valence electrons. The van der Waals surface area contributed by atoms with Crippen LogP contribution in [0.3, 0.4) is 0 Å². The lowest BCUT2D eigenvalue weighted by atomic mass is 10.3. The zero-order valence-corrected chi connectivity index (χ0v) is 11.4. The van der Waals surface area contributed by atoms with Crippen LogP contribution < -0.4 is 11.1 Å². The van der Waals surface area contributed by atoms with E-state index in [0.717, 1.165) is 41.3 Å². The first-order chi connectivity index (χ1) is 9.72. The van der Waals surface area contributed by atoms with Gasteiger partial charge in [-0.3, -0.25) is 0 Å². The Kier molecular flexibility index (Phi) is 3.25. The van der Waals surface area contributed by atoms with E-state index in [1.165, 1.54) is 0 Å². The molecule has 1 aromatic carbocycles. The van der Waals surface area contributed by atoms with Crippen molar-refractivity contribution in [2.75, 3.05) is 17.6 Å². The zero-order chi connectivity index (χ0) is 13.9. The van der Waals surface area contributed by atoms with E-state index in [9.17, 15) is 0 Å². The Morgan fingerprint density at radius 2 is 2.00 bits per heavy atom. The van der Waals surface area contributed by atoms with E-state index >= 15 is 0 Å². The maximum absolute atomic E-state index is 5.75. The Morgan fingerprint density at radius 3 is 2.80 bits per heavy atom. The van der Waals surface area contributed by atoms with Gasteiger partial charge in [0, 0.05) is 13.0 Å². The van der Waals surface area contributed by atoms with Gasteiger partial charge in [-0.05, 0) is 31.2 Å². The predicted molar refractivity (Wildman–Crippen MR) is 81.7 cm³/mol. The maximum atomic E-state index is 5.75. The van der Waals surface area contributed by atoms with Gasteiger partial charge in [-0.1, -0.05) is 12.1 Å². The van der Waals surface area contributed by atoms with Gasteiger partial charge in [-0.25, -0.2) is 9.97 Å². The van der Waals surface area contributed by atoms with E-state index in [1.54, 1.807) is 0 Å². The number of aromatic nitrogens is 3. The molecule has 2 heterocycles. The number of pyridine rings is 1. The number of rotatable bonds is 4. The van der Waals surface area contributed by atoms with Gasteiger partial charge in [0.25, 0.3) is 0 Å². The lowest BCUT2D eigenvalue weighted by molar-refractivity contribution is 0.927. The van der Waals surface area contributed by atoms with E-state index in [1.807, 2.05) is 43.3 Å². The number of aryl methyl sites for hydroxylation is 1. The number of aromatic amines is 1. The first kappa shape index (κ1) is 12.5. The summed E-state index contributed by atoms with van der Waals surface area (Å²) in [6.45, 7) is 2.68. The Labute approximate surface area is 117 Å². The molecule has 0 atom stereocenters.